The maximum absolute atomic E-state index is 6.97. The summed E-state index contributed by atoms with van der Waals surface area (Å²) >= 11 is 0. The van der Waals surface area contributed by atoms with Crippen LogP contribution in [-0.2, 0) is 27.1 Å². The van der Waals surface area contributed by atoms with Gasteiger partial charge in [-0.15, -0.1) is 0 Å². The van der Waals surface area contributed by atoms with E-state index >= 15 is 0 Å². The van der Waals surface area contributed by atoms with Crippen LogP contribution in [0.3, 0.4) is 0 Å². The fourth-order valence-corrected chi connectivity index (χ4v) is 13.6. The van der Waals surface area contributed by atoms with Crippen LogP contribution in [0.1, 0.15) is 128 Å². The van der Waals surface area contributed by atoms with Gasteiger partial charge in [0.05, 0.1) is 11.2 Å². The molecule has 70 heavy (non-hydrogen) atoms. The maximum atomic E-state index is 6.97. The fraction of sp³-hybridized carbons (Fsp3) is 0.273. The number of nitrogens with one attached hydrogen (secondary N) is 1. The molecule has 3 nitrogen and oxygen atoms in total. The third kappa shape index (κ3) is 5.59. The molecular formula is C66H60BN2O. The minimum absolute atomic E-state index is 0.0546. The molecule has 10 aromatic rings. The molecule has 3 aliphatic carbocycles. The number of nitrogens with zero attached hydrogens (tertiary/aromatic N) is 1. The molecule has 2 aromatic heterocycles. The number of rotatable bonds is 3. The Hall–Kier alpha value is -6.78. The summed E-state index contributed by atoms with van der Waals surface area (Å²) in [7, 11) is 2.51. The summed E-state index contributed by atoms with van der Waals surface area (Å²) in [6.07, 6.45) is 2.32. The zero-order valence-electron chi connectivity index (χ0n) is 42.5. The highest BCUT2D eigenvalue weighted by Gasteiger charge is 2.41. The van der Waals surface area contributed by atoms with Gasteiger partial charge in [-0.05, 0) is 150 Å². The first-order valence-electron chi connectivity index (χ1n) is 25.6. The third-order valence-corrected chi connectivity index (χ3v) is 17.8. The first-order valence-corrected chi connectivity index (χ1v) is 25.6. The van der Waals surface area contributed by atoms with Gasteiger partial charge in [-0.2, -0.15) is 0 Å². The first-order chi connectivity index (χ1) is 33.3. The first kappa shape index (κ1) is 42.1. The Kier molecular flexibility index (Phi) is 8.15. The van der Waals surface area contributed by atoms with E-state index in [9.17, 15) is 0 Å². The minimum atomic E-state index is -0.131. The molecule has 0 bridgehead atoms. The average molecular weight is 908 g/mol. The van der Waals surface area contributed by atoms with E-state index in [1.54, 1.807) is 0 Å². The van der Waals surface area contributed by atoms with Crippen LogP contribution in [0.4, 0.5) is 11.4 Å². The quantitative estimate of drug-likeness (QED) is 0.179. The molecule has 14 rings (SSSR count). The van der Waals surface area contributed by atoms with Crippen molar-refractivity contribution in [2.75, 3.05) is 5.32 Å². The monoisotopic (exact) mass is 907 g/mol. The molecule has 4 aliphatic rings. The van der Waals surface area contributed by atoms with E-state index in [1.165, 1.54) is 111 Å². The molecular weight excluding hydrogens is 848 g/mol. The van der Waals surface area contributed by atoms with Crippen molar-refractivity contribution in [3.63, 3.8) is 0 Å². The fourth-order valence-electron chi connectivity index (χ4n) is 13.6. The van der Waals surface area contributed by atoms with Gasteiger partial charge >= 0.3 is 0 Å². The Balaban J connectivity index is 1.06. The number of aromatic nitrogens is 1. The van der Waals surface area contributed by atoms with E-state index < -0.39 is 0 Å². The molecule has 343 valence electrons. The van der Waals surface area contributed by atoms with Crippen molar-refractivity contribution in [3.05, 3.63) is 172 Å². The lowest BCUT2D eigenvalue weighted by Gasteiger charge is -2.41. The molecule has 0 unspecified atom stereocenters. The lowest BCUT2D eigenvalue weighted by molar-refractivity contribution is 0.332. The van der Waals surface area contributed by atoms with Gasteiger partial charge in [0.1, 0.15) is 11.2 Å². The van der Waals surface area contributed by atoms with Gasteiger partial charge in [-0.3, -0.25) is 0 Å². The Morgan fingerprint density at radius 1 is 0.500 bits per heavy atom. The summed E-state index contributed by atoms with van der Waals surface area (Å²) < 4.78 is 9.60. The van der Waals surface area contributed by atoms with Crippen molar-refractivity contribution in [2.45, 2.75) is 116 Å². The highest BCUT2D eigenvalue weighted by molar-refractivity contribution is 6.73. The molecule has 1 radical (unpaired) electrons. The standard InChI is InChI=1S/C66H60BN2O/c1-62(2,3)36-20-22-37(23-21-36)68-55-35-59-46(47-30-52-53(34-58(47)70-59)64(6,7)27-26-63(52,4)5)28-44(55)40-24-25-41-45-29-50-43(39-17-13-15-19-49(39)65(50,8)9)32-56(45)69-57-33-51-42(31-54(57)67-60(40)61(41)69)38-16-12-14-18-48(38)66(51,10)11/h12-25,28-35,68H,26-27H2,1-11H3. The summed E-state index contributed by atoms with van der Waals surface area (Å²) in [5.41, 5.74) is 27.6. The second-order valence-corrected chi connectivity index (χ2v) is 24.7. The number of benzene rings is 8. The molecule has 0 fully saturated rings. The number of furan rings is 1. The predicted octanol–water partition coefficient (Wildman–Crippen LogP) is 16.3. The van der Waals surface area contributed by atoms with Crippen LogP contribution >= 0.6 is 0 Å². The van der Waals surface area contributed by atoms with E-state index in [2.05, 4.69) is 227 Å². The van der Waals surface area contributed by atoms with Gasteiger partial charge in [-0.1, -0.05) is 160 Å². The van der Waals surface area contributed by atoms with Gasteiger partial charge in [0, 0.05) is 60.9 Å². The van der Waals surface area contributed by atoms with Gasteiger partial charge in [-0.25, -0.2) is 0 Å². The Bertz CT molecular complexity index is 3970. The van der Waals surface area contributed by atoms with Gasteiger partial charge < -0.3 is 14.3 Å². The van der Waals surface area contributed by atoms with Crippen molar-refractivity contribution in [1.82, 2.24) is 4.57 Å². The van der Waals surface area contributed by atoms with Crippen molar-refractivity contribution in [1.29, 1.82) is 0 Å². The summed E-state index contributed by atoms with van der Waals surface area (Å²) in [6.45, 7) is 26.1. The van der Waals surface area contributed by atoms with Crippen molar-refractivity contribution in [2.24, 2.45) is 0 Å². The summed E-state index contributed by atoms with van der Waals surface area (Å²) in [6, 6.07) is 51.6. The van der Waals surface area contributed by atoms with Crippen LogP contribution in [0, 0.1) is 0 Å². The van der Waals surface area contributed by atoms with E-state index in [0.717, 1.165) is 46.3 Å². The minimum Gasteiger partial charge on any atom is -0.456 e. The van der Waals surface area contributed by atoms with Crippen molar-refractivity contribution in [3.8, 4) is 39.1 Å². The Morgan fingerprint density at radius 2 is 1.09 bits per heavy atom. The highest BCUT2D eigenvalue weighted by Crippen LogP contribution is 2.54. The smallest absolute Gasteiger partial charge is 0.197 e. The third-order valence-electron chi connectivity index (χ3n) is 17.8. The number of fused-ring (bicyclic) bond motifs is 15. The lowest BCUT2D eigenvalue weighted by Crippen LogP contribution is -2.37. The van der Waals surface area contributed by atoms with Crippen LogP contribution in [0.15, 0.2) is 138 Å². The van der Waals surface area contributed by atoms with E-state index in [1.807, 2.05) is 0 Å². The number of anilines is 2. The second-order valence-electron chi connectivity index (χ2n) is 24.7. The van der Waals surface area contributed by atoms with Crippen molar-refractivity contribution >= 4 is 73.3 Å². The van der Waals surface area contributed by atoms with Gasteiger partial charge in [0.15, 0.2) is 7.28 Å². The van der Waals surface area contributed by atoms with Crippen LogP contribution in [-0.4, -0.2) is 11.8 Å². The van der Waals surface area contributed by atoms with E-state index in [0.29, 0.717) is 0 Å². The van der Waals surface area contributed by atoms with Crippen LogP contribution in [0.5, 0.6) is 0 Å². The predicted molar refractivity (Wildman–Crippen MR) is 297 cm³/mol. The molecule has 0 atom stereocenters. The Labute approximate surface area is 413 Å². The zero-order valence-corrected chi connectivity index (χ0v) is 42.5. The summed E-state index contributed by atoms with van der Waals surface area (Å²) in [5.74, 6) is 0. The van der Waals surface area contributed by atoms with Crippen LogP contribution in [0.2, 0.25) is 0 Å². The normalized spacial score (nSPS) is 17.2. The molecule has 0 saturated carbocycles. The second kappa shape index (κ2) is 13.5. The molecule has 0 saturated heterocycles. The largest absolute Gasteiger partial charge is 0.456 e. The van der Waals surface area contributed by atoms with E-state index in [4.69, 9.17) is 4.42 Å². The maximum Gasteiger partial charge on any atom is 0.197 e. The lowest BCUT2D eigenvalue weighted by atomic mass is 9.58. The molecule has 3 heterocycles. The number of hydrogen-bond donors (Lipinski definition) is 1. The summed E-state index contributed by atoms with van der Waals surface area (Å²) in [5, 5.41) is 8.89. The van der Waals surface area contributed by atoms with E-state index in [-0.39, 0.29) is 27.1 Å². The van der Waals surface area contributed by atoms with Crippen LogP contribution < -0.4 is 16.2 Å². The molecule has 4 heteroatoms. The Morgan fingerprint density at radius 3 is 1.76 bits per heavy atom. The number of hydrogen-bond acceptors (Lipinski definition) is 2. The molecule has 0 spiro atoms. The zero-order chi connectivity index (χ0) is 48.2. The molecule has 8 aromatic carbocycles. The SMILES string of the molecule is CC(C)(C)c1ccc(Nc2cc3oc4cc5c(cc4c3cc2-c2ccc3c4cc6c(cc4n4c3c2[B]c2cc3c(cc2-4)C(C)(C)c2ccccc2-3)-c2ccccc2C6(C)C)C(C)(C)CCC5(C)C)cc1. The summed E-state index contributed by atoms with van der Waals surface area (Å²) in [4.78, 5) is 0. The highest BCUT2D eigenvalue weighted by atomic mass is 16.3. The average Bonchev–Trinajstić information content (AvgIpc) is 3.99. The molecule has 1 aliphatic heterocycles. The van der Waals surface area contributed by atoms with Gasteiger partial charge in [0.2, 0.25) is 0 Å². The topological polar surface area (TPSA) is 30.1 Å². The van der Waals surface area contributed by atoms with Gasteiger partial charge in [0.25, 0.3) is 0 Å². The molecule has 0 amide bonds. The molecule has 1 N–H and O–H groups in total. The van der Waals surface area contributed by atoms with Crippen LogP contribution in [0.25, 0.3) is 82.8 Å². The van der Waals surface area contributed by atoms with Crippen molar-refractivity contribution < 1.29 is 4.42 Å².